The van der Waals surface area contributed by atoms with Gasteiger partial charge in [0.2, 0.25) is 11.8 Å². The Hall–Kier alpha value is -1.10. The van der Waals surface area contributed by atoms with Crippen molar-refractivity contribution in [2.45, 2.75) is 32.1 Å². The number of nitrogens with one attached hydrogen (secondary N) is 2. The van der Waals surface area contributed by atoms with Crippen LogP contribution in [0.1, 0.15) is 32.1 Å². The van der Waals surface area contributed by atoms with Crippen LogP contribution in [0.3, 0.4) is 0 Å². The zero-order chi connectivity index (χ0) is 13.4. The number of amides is 2. The van der Waals surface area contributed by atoms with Crippen LogP contribution < -0.4 is 10.6 Å². The van der Waals surface area contributed by atoms with Gasteiger partial charge >= 0.3 is 0 Å². The van der Waals surface area contributed by atoms with Gasteiger partial charge in [-0.1, -0.05) is 0 Å². The van der Waals surface area contributed by atoms with Crippen LogP contribution in [0.15, 0.2) is 0 Å². The summed E-state index contributed by atoms with van der Waals surface area (Å²) in [6.07, 6.45) is 4.32. The van der Waals surface area contributed by atoms with Gasteiger partial charge in [-0.2, -0.15) is 0 Å². The maximum atomic E-state index is 11.9. The van der Waals surface area contributed by atoms with E-state index in [2.05, 4.69) is 10.6 Å². The second-order valence-electron chi connectivity index (χ2n) is 4.97. The molecule has 1 rings (SSSR count). The van der Waals surface area contributed by atoms with E-state index in [-0.39, 0.29) is 11.8 Å². The topological polar surface area (TPSA) is 61.4 Å². The molecule has 0 aromatic rings. The smallest absolute Gasteiger partial charge is 0.222 e. The van der Waals surface area contributed by atoms with Crippen molar-refractivity contribution >= 4 is 11.8 Å². The Labute approximate surface area is 109 Å². The molecule has 1 fully saturated rings. The van der Waals surface area contributed by atoms with E-state index in [0.717, 1.165) is 19.5 Å². The van der Waals surface area contributed by atoms with Crippen molar-refractivity contribution in [3.63, 3.8) is 0 Å². The van der Waals surface area contributed by atoms with Gasteiger partial charge in [-0.15, -0.1) is 0 Å². The molecule has 1 saturated heterocycles. The van der Waals surface area contributed by atoms with E-state index in [1.54, 1.807) is 19.0 Å². The van der Waals surface area contributed by atoms with Gasteiger partial charge in [-0.05, 0) is 38.3 Å². The third-order valence-corrected chi connectivity index (χ3v) is 3.60. The van der Waals surface area contributed by atoms with Crippen molar-refractivity contribution < 1.29 is 9.59 Å². The lowest BCUT2D eigenvalue weighted by atomic mass is 9.93. The first-order chi connectivity index (χ1) is 8.63. The second-order valence-corrected chi connectivity index (χ2v) is 4.97. The Balaban J connectivity index is 2.16. The lowest BCUT2D eigenvalue weighted by Crippen LogP contribution is -2.32. The molecule has 0 aromatic heterocycles. The van der Waals surface area contributed by atoms with Crippen molar-refractivity contribution in [1.82, 2.24) is 15.5 Å². The molecule has 104 valence electrons. The third-order valence-electron chi connectivity index (χ3n) is 3.60. The molecule has 0 radical (unpaired) electrons. The molecule has 1 heterocycles. The van der Waals surface area contributed by atoms with Gasteiger partial charge in [0.15, 0.2) is 0 Å². The SMILES string of the molecule is CNC(=O)CCN(C)C(=O)CCC1CCNCC1. The molecule has 1 aliphatic heterocycles. The van der Waals surface area contributed by atoms with Crippen LogP contribution >= 0.6 is 0 Å². The van der Waals surface area contributed by atoms with Crippen LogP contribution in [0.25, 0.3) is 0 Å². The molecule has 0 aliphatic carbocycles. The van der Waals surface area contributed by atoms with E-state index < -0.39 is 0 Å². The minimum atomic E-state index is -0.0204. The molecule has 5 heteroatoms. The van der Waals surface area contributed by atoms with Crippen LogP contribution in [-0.4, -0.2) is 50.4 Å². The molecule has 0 unspecified atom stereocenters. The van der Waals surface area contributed by atoms with Crippen molar-refractivity contribution in [2.24, 2.45) is 5.92 Å². The number of carbonyl (C=O) groups is 2. The monoisotopic (exact) mass is 255 g/mol. The van der Waals surface area contributed by atoms with Crippen molar-refractivity contribution in [1.29, 1.82) is 0 Å². The molecular weight excluding hydrogens is 230 g/mol. The number of hydrogen-bond acceptors (Lipinski definition) is 3. The maximum Gasteiger partial charge on any atom is 0.222 e. The van der Waals surface area contributed by atoms with E-state index in [1.165, 1.54) is 12.8 Å². The van der Waals surface area contributed by atoms with Crippen LogP contribution in [-0.2, 0) is 9.59 Å². The van der Waals surface area contributed by atoms with E-state index in [9.17, 15) is 9.59 Å². The van der Waals surface area contributed by atoms with Gasteiger partial charge in [0.25, 0.3) is 0 Å². The number of hydrogen-bond donors (Lipinski definition) is 2. The van der Waals surface area contributed by atoms with E-state index in [1.807, 2.05) is 0 Å². The summed E-state index contributed by atoms with van der Waals surface area (Å²) in [6, 6.07) is 0. The fraction of sp³-hybridized carbons (Fsp3) is 0.846. The Bertz CT molecular complexity index is 275. The first kappa shape index (κ1) is 15.0. The third kappa shape index (κ3) is 5.49. The summed E-state index contributed by atoms with van der Waals surface area (Å²) in [5.41, 5.74) is 0. The molecule has 5 nitrogen and oxygen atoms in total. The molecule has 0 saturated carbocycles. The van der Waals surface area contributed by atoms with Crippen LogP contribution in [0.4, 0.5) is 0 Å². The molecule has 1 aliphatic rings. The highest BCUT2D eigenvalue weighted by atomic mass is 16.2. The Kier molecular flexibility index (Phi) is 6.72. The van der Waals surface area contributed by atoms with E-state index >= 15 is 0 Å². The quantitative estimate of drug-likeness (QED) is 0.720. The fourth-order valence-corrected chi connectivity index (χ4v) is 2.21. The summed E-state index contributed by atoms with van der Waals surface area (Å²) >= 11 is 0. The van der Waals surface area contributed by atoms with E-state index in [0.29, 0.717) is 25.3 Å². The van der Waals surface area contributed by atoms with Gasteiger partial charge in [-0.25, -0.2) is 0 Å². The number of carbonyl (C=O) groups excluding carboxylic acids is 2. The summed E-state index contributed by atoms with van der Waals surface area (Å²) in [7, 11) is 3.38. The summed E-state index contributed by atoms with van der Waals surface area (Å²) in [6.45, 7) is 2.65. The highest BCUT2D eigenvalue weighted by Crippen LogP contribution is 2.18. The summed E-state index contributed by atoms with van der Waals surface area (Å²) in [4.78, 5) is 24.6. The summed E-state index contributed by atoms with van der Waals surface area (Å²) < 4.78 is 0. The summed E-state index contributed by atoms with van der Waals surface area (Å²) in [5, 5.41) is 5.88. The van der Waals surface area contributed by atoms with E-state index in [4.69, 9.17) is 0 Å². The maximum absolute atomic E-state index is 11.9. The molecule has 0 atom stereocenters. The lowest BCUT2D eigenvalue weighted by molar-refractivity contribution is -0.130. The summed E-state index contributed by atoms with van der Waals surface area (Å²) in [5.74, 6) is 0.813. The second kappa shape index (κ2) is 8.08. The number of rotatable bonds is 6. The number of nitrogens with zero attached hydrogens (tertiary/aromatic N) is 1. The molecule has 0 aromatic carbocycles. The van der Waals surface area contributed by atoms with Gasteiger partial charge in [0.05, 0.1) is 0 Å². The fourth-order valence-electron chi connectivity index (χ4n) is 2.21. The van der Waals surface area contributed by atoms with Crippen molar-refractivity contribution in [2.75, 3.05) is 33.7 Å². The zero-order valence-electron chi connectivity index (χ0n) is 11.5. The lowest BCUT2D eigenvalue weighted by Gasteiger charge is -2.23. The van der Waals surface area contributed by atoms with Gasteiger partial charge in [0.1, 0.15) is 0 Å². The predicted octanol–water partition coefficient (Wildman–Crippen LogP) is 0.361. The zero-order valence-corrected chi connectivity index (χ0v) is 11.5. The highest BCUT2D eigenvalue weighted by Gasteiger charge is 2.16. The first-order valence-electron chi connectivity index (χ1n) is 6.78. The minimum Gasteiger partial charge on any atom is -0.359 e. The molecular formula is C13H25N3O2. The Morgan fingerprint density at radius 1 is 1.28 bits per heavy atom. The molecule has 2 N–H and O–H groups in total. The van der Waals surface area contributed by atoms with Crippen molar-refractivity contribution in [3.05, 3.63) is 0 Å². The largest absolute Gasteiger partial charge is 0.359 e. The minimum absolute atomic E-state index is 0.0204. The van der Waals surface area contributed by atoms with Gasteiger partial charge in [0, 0.05) is 33.5 Å². The van der Waals surface area contributed by atoms with Crippen LogP contribution in [0, 0.1) is 5.92 Å². The average Bonchev–Trinajstić information content (AvgIpc) is 2.42. The molecule has 18 heavy (non-hydrogen) atoms. The molecule has 2 amide bonds. The normalized spacial score (nSPS) is 16.3. The standard InChI is InChI=1S/C13H25N3O2/c1-14-12(17)7-10-16(2)13(18)4-3-11-5-8-15-9-6-11/h11,15H,3-10H2,1-2H3,(H,14,17). The highest BCUT2D eigenvalue weighted by molar-refractivity contribution is 5.78. The van der Waals surface area contributed by atoms with Crippen molar-refractivity contribution in [3.8, 4) is 0 Å². The molecule has 0 bridgehead atoms. The van der Waals surface area contributed by atoms with Crippen LogP contribution in [0.5, 0.6) is 0 Å². The van der Waals surface area contributed by atoms with Crippen LogP contribution in [0.2, 0.25) is 0 Å². The Morgan fingerprint density at radius 2 is 1.94 bits per heavy atom. The van der Waals surface area contributed by atoms with Gasteiger partial charge < -0.3 is 15.5 Å². The predicted molar refractivity (Wildman–Crippen MR) is 71.1 cm³/mol. The first-order valence-corrected chi connectivity index (χ1v) is 6.78. The average molecular weight is 255 g/mol. The number of piperidine rings is 1. The molecule has 0 spiro atoms. The Morgan fingerprint density at radius 3 is 2.56 bits per heavy atom. The van der Waals surface area contributed by atoms with Gasteiger partial charge in [-0.3, -0.25) is 9.59 Å².